The quantitative estimate of drug-likeness (QED) is 0.668. The lowest BCUT2D eigenvalue weighted by molar-refractivity contribution is 0.787. The average molecular weight is 324 g/mol. The molecule has 13 heavy (non-hydrogen) atoms. The highest BCUT2D eigenvalue weighted by Gasteiger charge is 2.63. The average Bonchev–Trinajstić information content (AvgIpc) is 2.53. The molecule has 1 unspecified atom stereocenters. The van der Waals surface area contributed by atoms with E-state index in [1.54, 1.807) is 0 Å². The van der Waals surface area contributed by atoms with Crippen LogP contribution in [0.2, 0.25) is 5.02 Å². The van der Waals surface area contributed by atoms with Crippen molar-refractivity contribution in [3.8, 4) is 0 Å². The van der Waals surface area contributed by atoms with Gasteiger partial charge in [0.15, 0.2) is 0 Å². The van der Waals surface area contributed by atoms with Gasteiger partial charge in [-0.25, -0.2) is 0 Å². The molecule has 1 aliphatic carbocycles. The van der Waals surface area contributed by atoms with Crippen molar-refractivity contribution in [2.45, 2.75) is 22.0 Å². The van der Waals surface area contributed by atoms with Crippen LogP contribution in [0.3, 0.4) is 0 Å². The molecular weight excluding hydrogens is 315 g/mol. The van der Waals surface area contributed by atoms with E-state index in [2.05, 4.69) is 44.8 Å². The van der Waals surface area contributed by atoms with Crippen LogP contribution in [-0.2, 0) is 5.41 Å². The highest BCUT2D eigenvalue weighted by atomic mass is 79.9. The van der Waals surface area contributed by atoms with E-state index in [-0.39, 0.29) is 8.65 Å². The van der Waals surface area contributed by atoms with Gasteiger partial charge in [-0.15, -0.1) is 0 Å². The summed E-state index contributed by atoms with van der Waals surface area (Å²) >= 11 is 13.4. The second-order valence-electron chi connectivity index (χ2n) is 3.69. The van der Waals surface area contributed by atoms with E-state index in [0.717, 1.165) is 11.4 Å². The zero-order chi connectivity index (χ0) is 9.69. The lowest BCUT2D eigenvalue weighted by Gasteiger charge is -2.14. The molecule has 70 valence electrons. The molecular formula is C10H9Br2Cl. The fourth-order valence-electron chi connectivity index (χ4n) is 1.60. The monoisotopic (exact) mass is 322 g/mol. The van der Waals surface area contributed by atoms with Gasteiger partial charge in [-0.1, -0.05) is 68.6 Å². The number of hydrogen-bond donors (Lipinski definition) is 0. The maximum atomic E-state index is 6.13. The number of benzene rings is 1. The van der Waals surface area contributed by atoms with Gasteiger partial charge < -0.3 is 0 Å². The first kappa shape index (κ1) is 10.0. The van der Waals surface area contributed by atoms with Crippen molar-refractivity contribution in [2.24, 2.45) is 0 Å². The van der Waals surface area contributed by atoms with Gasteiger partial charge in [0.1, 0.15) is 0 Å². The minimum Gasteiger partial charge on any atom is -0.0840 e. The van der Waals surface area contributed by atoms with Crippen molar-refractivity contribution in [3.63, 3.8) is 0 Å². The summed E-state index contributed by atoms with van der Waals surface area (Å²) in [6.45, 7) is 2.21. The normalized spacial score (nSPS) is 30.2. The summed E-state index contributed by atoms with van der Waals surface area (Å²) in [4.78, 5) is 0. The van der Waals surface area contributed by atoms with Gasteiger partial charge in [-0.2, -0.15) is 0 Å². The molecule has 1 aliphatic rings. The Bertz CT molecular complexity index is 349. The third-order valence-electron chi connectivity index (χ3n) is 2.73. The van der Waals surface area contributed by atoms with E-state index in [0.29, 0.717) is 0 Å². The van der Waals surface area contributed by atoms with Gasteiger partial charge in [-0.3, -0.25) is 0 Å². The smallest absolute Gasteiger partial charge is 0.0840 e. The molecule has 0 radical (unpaired) electrons. The van der Waals surface area contributed by atoms with E-state index in [9.17, 15) is 0 Å². The van der Waals surface area contributed by atoms with Crippen LogP contribution in [0.25, 0.3) is 0 Å². The lowest BCUT2D eigenvalue weighted by atomic mass is 9.99. The molecule has 0 aromatic heterocycles. The van der Waals surface area contributed by atoms with Gasteiger partial charge >= 0.3 is 0 Å². The number of rotatable bonds is 1. The minimum atomic E-state index is 0.0397. The van der Waals surface area contributed by atoms with Gasteiger partial charge in [0, 0.05) is 10.4 Å². The molecule has 1 saturated carbocycles. The molecule has 3 heteroatoms. The molecule has 0 N–H and O–H groups in total. The van der Waals surface area contributed by atoms with Crippen LogP contribution in [0.4, 0.5) is 0 Å². The Morgan fingerprint density at radius 1 is 1.31 bits per heavy atom. The van der Waals surface area contributed by atoms with Crippen molar-refractivity contribution in [1.82, 2.24) is 0 Å². The maximum Gasteiger partial charge on any atom is 0.0909 e. The number of halogens is 3. The molecule has 0 nitrogen and oxygen atoms in total. The highest BCUT2D eigenvalue weighted by molar-refractivity contribution is 9.25. The van der Waals surface area contributed by atoms with E-state index in [1.165, 1.54) is 5.56 Å². The Balaban J connectivity index is 2.44. The highest BCUT2D eigenvalue weighted by Crippen LogP contribution is 2.67. The van der Waals surface area contributed by atoms with Gasteiger partial charge in [0.2, 0.25) is 0 Å². The van der Waals surface area contributed by atoms with Crippen molar-refractivity contribution in [1.29, 1.82) is 0 Å². The molecule has 1 atom stereocenters. The first-order valence-corrected chi connectivity index (χ1v) is 6.07. The maximum absolute atomic E-state index is 6.13. The summed E-state index contributed by atoms with van der Waals surface area (Å²) < 4.78 is 0.0397. The van der Waals surface area contributed by atoms with Crippen LogP contribution >= 0.6 is 43.5 Å². The summed E-state index contributed by atoms with van der Waals surface area (Å²) in [7, 11) is 0. The molecule has 2 rings (SSSR count). The zero-order valence-electron chi connectivity index (χ0n) is 7.15. The van der Waals surface area contributed by atoms with Gasteiger partial charge in [0.05, 0.1) is 3.23 Å². The first-order chi connectivity index (χ1) is 5.97. The molecule has 0 saturated heterocycles. The Morgan fingerprint density at radius 2 is 1.85 bits per heavy atom. The van der Waals surface area contributed by atoms with E-state index in [4.69, 9.17) is 11.6 Å². The first-order valence-electron chi connectivity index (χ1n) is 4.10. The Kier molecular flexibility index (Phi) is 2.29. The molecule has 0 bridgehead atoms. The largest absolute Gasteiger partial charge is 0.0909 e. The van der Waals surface area contributed by atoms with E-state index < -0.39 is 0 Å². The van der Waals surface area contributed by atoms with Crippen molar-refractivity contribution >= 4 is 43.5 Å². The molecule has 0 amide bonds. The summed E-state index contributed by atoms with van der Waals surface area (Å²) in [5, 5.41) is 0.853. The zero-order valence-corrected chi connectivity index (χ0v) is 11.1. The van der Waals surface area contributed by atoms with Crippen molar-refractivity contribution in [3.05, 3.63) is 34.9 Å². The van der Waals surface area contributed by atoms with E-state index in [1.807, 2.05) is 18.2 Å². The summed E-state index contributed by atoms with van der Waals surface area (Å²) in [5.74, 6) is 0. The van der Waals surface area contributed by atoms with Gasteiger partial charge in [0.25, 0.3) is 0 Å². The van der Waals surface area contributed by atoms with E-state index >= 15 is 0 Å². The Labute approximate surface area is 99.9 Å². The summed E-state index contributed by atoms with van der Waals surface area (Å²) in [6.07, 6.45) is 1.07. The van der Waals surface area contributed by atoms with Gasteiger partial charge in [-0.05, 0) is 18.1 Å². The fraction of sp³-hybridized carbons (Fsp3) is 0.400. The summed E-state index contributed by atoms with van der Waals surface area (Å²) in [5.41, 5.74) is 1.34. The third-order valence-corrected chi connectivity index (χ3v) is 5.37. The molecule has 0 spiro atoms. The molecule has 1 fully saturated rings. The van der Waals surface area contributed by atoms with Crippen LogP contribution in [0.5, 0.6) is 0 Å². The fourth-order valence-corrected chi connectivity index (χ4v) is 3.49. The topological polar surface area (TPSA) is 0 Å². The lowest BCUT2D eigenvalue weighted by Crippen LogP contribution is -2.09. The minimum absolute atomic E-state index is 0.0397. The second-order valence-corrected chi connectivity index (χ2v) is 7.87. The Hall–Kier alpha value is 0.470. The SMILES string of the molecule is CC1(c2ccccc2Cl)CC1(Br)Br. The van der Waals surface area contributed by atoms with Crippen LogP contribution < -0.4 is 0 Å². The predicted molar refractivity (Wildman–Crippen MR) is 64.0 cm³/mol. The van der Waals surface area contributed by atoms with Crippen LogP contribution in [0.1, 0.15) is 18.9 Å². The standard InChI is InChI=1S/C10H9Br2Cl/c1-9(6-10(9,11)12)7-4-2-3-5-8(7)13/h2-5H,6H2,1H3. The van der Waals surface area contributed by atoms with Crippen LogP contribution in [0.15, 0.2) is 24.3 Å². The Morgan fingerprint density at radius 3 is 2.31 bits per heavy atom. The second kappa shape index (κ2) is 2.98. The van der Waals surface area contributed by atoms with Crippen LogP contribution in [0, 0.1) is 0 Å². The molecule has 1 aromatic carbocycles. The predicted octanol–water partition coefficient (Wildman–Crippen LogP) is 4.49. The molecule has 0 heterocycles. The third kappa shape index (κ3) is 1.47. The van der Waals surface area contributed by atoms with Crippen molar-refractivity contribution < 1.29 is 0 Å². The molecule has 1 aromatic rings. The number of hydrogen-bond acceptors (Lipinski definition) is 0. The number of alkyl halides is 2. The van der Waals surface area contributed by atoms with Crippen molar-refractivity contribution in [2.75, 3.05) is 0 Å². The summed E-state index contributed by atoms with van der Waals surface area (Å²) in [6, 6.07) is 8.02. The molecule has 0 aliphatic heterocycles. The van der Waals surface area contributed by atoms with Crippen LogP contribution in [-0.4, -0.2) is 3.23 Å².